The molecule has 1 saturated heterocycles. The summed E-state index contributed by atoms with van der Waals surface area (Å²) in [7, 11) is 1.25. The smallest absolute Gasteiger partial charge is 0.336 e. The van der Waals surface area contributed by atoms with Crippen molar-refractivity contribution in [1.29, 1.82) is 0 Å². The second kappa shape index (κ2) is 10.4. The van der Waals surface area contributed by atoms with Gasteiger partial charge in [0.1, 0.15) is 6.61 Å². The molecule has 0 aromatic heterocycles. The third kappa shape index (κ3) is 5.14. The lowest BCUT2D eigenvalue weighted by molar-refractivity contribution is -0.384. The summed E-state index contributed by atoms with van der Waals surface area (Å²) in [4.78, 5) is 38.7. The Morgan fingerprint density at radius 1 is 1.19 bits per heavy atom. The van der Waals surface area contributed by atoms with Crippen molar-refractivity contribution in [3.8, 4) is 0 Å². The summed E-state index contributed by atoms with van der Waals surface area (Å²) in [6, 6.07) is 5.89. The molecule has 1 aromatic carbocycles. The van der Waals surface area contributed by atoms with Crippen LogP contribution in [0.5, 0.6) is 0 Å². The zero-order chi connectivity index (χ0) is 23.3. The molecule has 32 heavy (non-hydrogen) atoms. The van der Waals surface area contributed by atoms with Crippen LogP contribution in [0.4, 0.5) is 5.69 Å². The lowest BCUT2D eigenvalue weighted by Gasteiger charge is -2.30. The number of morpholine rings is 1. The quantitative estimate of drug-likeness (QED) is 0.381. The molecule has 2 aliphatic heterocycles. The van der Waals surface area contributed by atoms with E-state index in [0.29, 0.717) is 36.7 Å². The van der Waals surface area contributed by atoms with Gasteiger partial charge in [-0.05, 0) is 19.4 Å². The van der Waals surface area contributed by atoms with Gasteiger partial charge in [-0.2, -0.15) is 0 Å². The van der Waals surface area contributed by atoms with Gasteiger partial charge in [0, 0.05) is 43.2 Å². The van der Waals surface area contributed by atoms with Gasteiger partial charge < -0.3 is 19.5 Å². The molecule has 0 bridgehead atoms. The van der Waals surface area contributed by atoms with Gasteiger partial charge in [0.25, 0.3) is 5.69 Å². The Hall–Kier alpha value is -3.24. The molecular formula is C22H27N3O7. The fraction of sp³-hybridized carbons (Fsp3) is 0.455. The maximum atomic E-state index is 13.1. The third-order valence-corrected chi connectivity index (χ3v) is 5.54. The zero-order valence-electron chi connectivity index (χ0n) is 18.4. The van der Waals surface area contributed by atoms with Gasteiger partial charge in [-0.3, -0.25) is 15.0 Å². The fourth-order valence-electron chi connectivity index (χ4n) is 3.97. The Balaban J connectivity index is 1.91. The van der Waals surface area contributed by atoms with Crippen molar-refractivity contribution in [3.63, 3.8) is 0 Å². The number of nitrogens with zero attached hydrogens (tertiary/aromatic N) is 2. The number of carbonyl (C=O) groups excluding carboxylic acids is 2. The van der Waals surface area contributed by atoms with Crippen LogP contribution in [-0.4, -0.2) is 68.3 Å². The van der Waals surface area contributed by atoms with Gasteiger partial charge in [0.15, 0.2) is 0 Å². The van der Waals surface area contributed by atoms with E-state index in [2.05, 4.69) is 10.2 Å². The molecule has 0 aliphatic carbocycles. The molecule has 1 fully saturated rings. The Bertz CT molecular complexity index is 964. The van der Waals surface area contributed by atoms with Crippen molar-refractivity contribution < 1.29 is 28.7 Å². The van der Waals surface area contributed by atoms with E-state index in [4.69, 9.17) is 14.2 Å². The number of allylic oxidation sites excluding steroid dienone is 2. The number of nitro groups is 1. The number of hydrogen-bond acceptors (Lipinski definition) is 9. The van der Waals surface area contributed by atoms with E-state index in [1.54, 1.807) is 19.9 Å². The van der Waals surface area contributed by atoms with Crippen LogP contribution in [-0.2, 0) is 23.8 Å². The van der Waals surface area contributed by atoms with Crippen LogP contribution in [0.1, 0.15) is 25.3 Å². The Morgan fingerprint density at radius 3 is 2.47 bits per heavy atom. The summed E-state index contributed by atoms with van der Waals surface area (Å²) in [6.45, 7) is 6.97. The van der Waals surface area contributed by atoms with Crippen LogP contribution >= 0.6 is 0 Å². The van der Waals surface area contributed by atoms with Crippen LogP contribution in [0.2, 0.25) is 0 Å². The maximum Gasteiger partial charge on any atom is 0.336 e. The summed E-state index contributed by atoms with van der Waals surface area (Å²) >= 11 is 0. The third-order valence-electron chi connectivity index (χ3n) is 5.54. The first-order chi connectivity index (χ1) is 15.3. The molecule has 1 aromatic rings. The molecule has 0 radical (unpaired) electrons. The highest BCUT2D eigenvalue weighted by atomic mass is 16.6. The van der Waals surface area contributed by atoms with Gasteiger partial charge in [0.2, 0.25) is 0 Å². The van der Waals surface area contributed by atoms with Crippen molar-refractivity contribution in [2.24, 2.45) is 0 Å². The molecule has 0 saturated carbocycles. The van der Waals surface area contributed by atoms with E-state index in [0.717, 1.165) is 13.1 Å². The van der Waals surface area contributed by atoms with E-state index in [1.165, 1.54) is 25.3 Å². The largest absolute Gasteiger partial charge is 0.466 e. The van der Waals surface area contributed by atoms with E-state index in [9.17, 15) is 19.7 Å². The molecule has 1 unspecified atom stereocenters. The first-order valence-electron chi connectivity index (χ1n) is 10.3. The number of nitro benzene ring substituents is 1. The van der Waals surface area contributed by atoms with Crippen LogP contribution in [0.3, 0.4) is 0 Å². The van der Waals surface area contributed by atoms with Gasteiger partial charge >= 0.3 is 11.9 Å². The minimum Gasteiger partial charge on any atom is -0.466 e. The van der Waals surface area contributed by atoms with Crippen molar-refractivity contribution in [2.45, 2.75) is 19.8 Å². The van der Waals surface area contributed by atoms with Gasteiger partial charge in [0.05, 0.1) is 42.3 Å². The van der Waals surface area contributed by atoms with Crippen LogP contribution in [0.15, 0.2) is 46.8 Å². The number of benzene rings is 1. The number of esters is 2. The number of nitrogens with one attached hydrogen (secondary N) is 1. The summed E-state index contributed by atoms with van der Waals surface area (Å²) < 4.78 is 15.8. The van der Waals surface area contributed by atoms with Crippen molar-refractivity contribution in [1.82, 2.24) is 10.2 Å². The summed E-state index contributed by atoms with van der Waals surface area (Å²) in [5.74, 6) is -2.08. The molecule has 0 amide bonds. The second-order valence-electron chi connectivity index (χ2n) is 7.57. The second-order valence-corrected chi connectivity index (χ2v) is 7.57. The predicted molar refractivity (Wildman–Crippen MR) is 115 cm³/mol. The number of dihydropyridines is 1. The van der Waals surface area contributed by atoms with E-state index in [-0.39, 0.29) is 23.4 Å². The standard InChI is InChI=1S/C22H27N3O7/c1-14-18(21(26)30-3)20(16-5-4-6-17(13-16)25(28)29)19(15(2)23-14)22(27)32-12-9-24-7-10-31-11-8-24/h4-6,13,20,23H,7-12H2,1-3H3. The molecule has 10 heteroatoms. The van der Waals surface area contributed by atoms with Gasteiger partial charge in [-0.1, -0.05) is 12.1 Å². The first kappa shape index (κ1) is 23.4. The monoisotopic (exact) mass is 445 g/mol. The molecule has 0 spiro atoms. The number of carbonyl (C=O) groups is 2. The van der Waals surface area contributed by atoms with Gasteiger partial charge in [-0.25, -0.2) is 9.59 Å². The molecule has 2 heterocycles. The number of hydrogen-bond donors (Lipinski definition) is 1. The van der Waals surface area contributed by atoms with Crippen molar-refractivity contribution in [2.75, 3.05) is 46.6 Å². The van der Waals surface area contributed by atoms with Crippen LogP contribution in [0.25, 0.3) is 0 Å². The Kier molecular flexibility index (Phi) is 7.60. The number of non-ortho nitro benzene ring substituents is 1. The lowest BCUT2D eigenvalue weighted by Crippen LogP contribution is -2.39. The lowest BCUT2D eigenvalue weighted by atomic mass is 9.80. The minimum atomic E-state index is -0.862. The summed E-state index contributed by atoms with van der Waals surface area (Å²) in [5.41, 5.74) is 1.75. The summed E-state index contributed by atoms with van der Waals surface area (Å²) in [5, 5.41) is 14.4. The number of rotatable bonds is 7. The average molecular weight is 445 g/mol. The first-order valence-corrected chi connectivity index (χ1v) is 10.3. The average Bonchev–Trinajstić information content (AvgIpc) is 2.78. The molecule has 172 valence electrons. The highest BCUT2D eigenvalue weighted by molar-refractivity contribution is 5.99. The highest BCUT2D eigenvalue weighted by Crippen LogP contribution is 2.40. The topological polar surface area (TPSA) is 120 Å². The van der Waals surface area contributed by atoms with Crippen molar-refractivity contribution in [3.05, 3.63) is 62.5 Å². The molecule has 1 atom stereocenters. The van der Waals surface area contributed by atoms with Crippen molar-refractivity contribution >= 4 is 17.6 Å². The Morgan fingerprint density at radius 2 is 1.84 bits per heavy atom. The van der Waals surface area contributed by atoms with Gasteiger partial charge in [-0.15, -0.1) is 0 Å². The Labute approximate surface area is 186 Å². The molecular weight excluding hydrogens is 418 g/mol. The molecule has 3 rings (SSSR count). The predicted octanol–water partition coefficient (Wildman–Crippen LogP) is 1.88. The van der Waals surface area contributed by atoms with Crippen LogP contribution in [0, 0.1) is 10.1 Å². The number of ether oxygens (including phenoxy) is 3. The molecule has 1 N–H and O–H groups in total. The van der Waals surface area contributed by atoms with Crippen LogP contribution < -0.4 is 5.32 Å². The SMILES string of the molecule is COC(=O)C1=C(C)NC(C)=C(C(=O)OCCN2CCOCC2)C1c1cccc([N+](=O)[O-])c1. The molecule has 10 nitrogen and oxygen atoms in total. The highest BCUT2D eigenvalue weighted by Gasteiger charge is 2.38. The summed E-state index contributed by atoms with van der Waals surface area (Å²) in [6.07, 6.45) is 0. The van der Waals surface area contributed by atoms with E-state index >= 15 is 0 Å². The fourth-order valence-corrected chi connectivity index (χ4v) is 3.97. The maximum absolute atomic E-state index is 13.1. The van der Waals surface area contributed by atoms with E-state index in [1.807, 2.05) is 0 Å². The normalized spacial score (nSPS) is 19.4. The minimum absolute atomic E-state index is 0.138. The van der Waals surface area contributed by atoms with E-state index < -0.39 is 22.8 Å². The molecule has 2 aliphatic rings. The zero-order valence-corrected chi connectivity index (χ0v) is 18.4. The number of methoxy groups -OCH3 is 1.